The van der Waals surface area contributed by atoms with E-state index >= 15 is 0 Å². The minimum Gasteiger partial charge on any atom is -0.465 e. The minimum absolute atomic E-state index is 0.220. The second kappa shape index (κ2) is 7.26. The van der Waals surface area contributed by atoms with Gasteiger partial charge in [0.15, 0.2) is 6.61 Å². The predicted octanol–water partition coefficient (Wildman–Crippen LogP) is 1.61. The molecule has 0 bridgehead atoms. The van der Waals surface area contributed by atoms with Crippen LogP contribution in [0.5, 0.6) is 0 Å². The molecule has 1 heterocycles. The van der Waals surface area contributed by atoms with Gasteiger partial charge in [-0.05, 0) is 24.3 Å². The molecule has 1 amide bonds. The molecule has 0 saturated heterocycles. The van der Waals surface area contributed by atoms with E-state index in [0.717, 1.165) is 0 Å². The molecule has 0 radical (unpaired) electrons. The van der Waals surface area contributed by atoms with Crippen molar-refractivity contribution < 1.29 is 23.9 Å². The summed E-state index contributed by atoms with van der Waals surface area (Å²) >= 11 is 0. The molecule has 0 unspecified atom stereocenters. The van der Waals surface area contributed by atoms with Crippen LogP contribution < -0.4 is 5.32 Å². The van der Waals surface area contributed by atoms with Gasteiger partial charge in [0.05, 0.1) is 18.4 Å². The molecular formula is C16H16N2O5. The number of nitrogens with one attached hydrogen (secondary N) is 1. The highest BCUT2D eigenvalue weighted by Gasteiger charge is 2.15. The summed E-state index contributed by atoms with van der Waals surface area (Å²) < 4.78 is 11.2. The van der Waals surface area contributed by atoms with Crippen molar-refractivity contribution in [2.24, 2.45) is 7.05 Å². The van der Waals surface area contributed by atoms with Crippen LogP contribution in [0.15, 0.2) is 42.6 Å². The summed E-state index contributed by atoms with van der Waals surface area (Å²) in [5, 5.41) is 2.52. The van der Waals surface area contributed by atoms with Gasteiger partial charge in [-0.15, -0.1) is 0 Å². The molecule has 0 saturated carbocycles. The summed E-state index contributed by atoms with van der Waals surface area (Å²) in [6.07, 6.45) is 1.70. The van der Waals surface area contributed by atoms with Gasteiger partial charge in [-0.25, -0.2) is 9.59 Å². The lowest BCUT2D eigenvalue weighted by molar-refractivity contribution is -0.119. The van der Waals surface area contributed by atoms with Crippen molar-refractivity contribution in [1.29, 1.82) is 0 Å². The highest BCUT2D eigenvalue weighted by Crippen LogP contribution is 2.15. The molecular weight excluding hydrogens is 300 g/mol. The average molecular weight is 316 g/mol. The number of ether oxygens (including phenoxy) is 2. The van der Waals surface area contributed by atoms with E-state index in [2.05, 4.69) is 10.1 Å². The molecule has 0 aliphatic rings. The molecule has 23 heavy (non-hydrogen) atoms. The van der Waals surface area contributed by atoms with Gasteiger partial charge in [0, 0.05) is 13.2 Å². The normalized spacial score (nSPS) is 10.0. The quantitative estimate of drug-likeness (QED) is 0.847. The number of hydrogen-bond acceptors (Lipinski definition) is 5. The molecule has 7 nitrogen and oxygen atoms in total. The van der Waals surface area contributed by atoms with Gasteiger partial charge in [0.2, 0.25) is 0 Å². The number of nitrogens with zero attached hydrogens (tertiary/aromatic N) is 1. The third-order valence-corrected chi connectivity index (χ3v) is 3.09. The maximum absolute atomic E-state index is 11.9. The van der Waals surface area contributed by atoms with Crippen molar-refractivity contribution in [1.82, 2.24) is 4.57 Å². The Morgan fingerprint density at radius 2 is 1.83 bits per heavy atom. The third-order valence-electron chi connectivity index (χ3n) is 3.09. The predicted molar refractivity (Wildman–Crippen MR) is 82.1 cm³/mol. The third kappa shape index (κ3) is 3.97. The molecule has 0 aliphatic carbocycles. The largest absolute Gasteiger partial charge is 0.465 e. The lowest BCUT2D eigenvalue weighted by Gasteiger charge is -2.10. The van der Waals surface area contributed by atoms with E-state index in [1.54, 1.807) is 48.1 Å². The molecule has 0 fully saturated rings. The fourth-order valence-electron chi connectivity index (χ4n) is 1.94. The van der Waals surface area contributed by atoms with Crippen LogP contribution in [0.25, 0.3) is 0 Å². The maximum Gasteiger partial charge on any atom is 0.355 e. The Balaban J connectivity index is 1.97. The first kappa shape index (κ1) is 16.3. The number of para-hydroxylation sites is 1. The van der Waals surface area contributed by atoms with Crippen molar-refractivity contribution in [2.45, 2.75) is 0 Å². The number of anilines is 1. The number of hydrogen-bond donors (Lipinski definition) is 1. The molecule has 0 spiro atoms. The Morgan fingerprint density at radius 1 is 1.09 bits per heavy atom. The van der Waals surface area contributed by atoms with Gasteiger partial charge in [0.1, 0.15) is 5.69 Å². The standard InChI is InChI=1S/C16H16N2O5/c1-18-9-5-8-13(18)16(21)23-10-14(19)17-12-7-4-3-6-11(12)15(20)22-2/h3-9H,10H2,1-2H3,(H,17,19). The smallest absolute Gasteiger partial charge is 0.355 e. The molecule has 2 aromatic rings. The van der Waals surface area contributed by atoms with Gasteiger partial charge in [-0.1, -0.05) is 12.1 Å². The summed E-state index contributed by atoms with van der Waals surface area (Å²) in [5.74, 6) is -1.72. The first-order valence-electron chi connectivity index (χ1n) is 6.78. The maximum atomic E-state index is 11.9. The number of carbonyl (C=O) groups excluding carboxylic acids is 3. The van der Waals surface area contributed by atoms with Crippen molar-refractivity contribution >= 4 is 23.5 Å². The Kier molecular flexibility index (Phi) is 5.14. The molecule has 7 heteroatoms. The molecule has 0 atom stereocenters. The zero-order valence-electron chi connectivity index (χ0n) is 12.7. The van der Waals surface area contributed by atoms with E-state index in [0.29, 0.717) is 11.4 Å². The monoisotopic (exact) mass is 316 g/mol. The van der Waals surface area contributed by atoms with Crippen molar-refractivity contribution in [3.05, 3.63) is 53.9 Å². The Hall–Kier alpha value is -3.09. The number of amides is 1. The van der Waals surface area contributed by atoms with Gasteiger partial charge in [-0.3, -0.25) is 4.79 Å². The van der Waals surface area contributed by atoms with E-state index in [1.165, 1.54) is 13.2 Å². The first-order chi connectivity index (χ1) is 11.0. The van der Waals surface area contributed by atoms with Gasteiger partial charge in [0.25, 0.3) is 5.91 Å². The Labute approximate surface area is 132 Å². The highest BCUT2D eigenvalue weighted by molar-refractivity contribution is 6.02. The minimum atomic E-state index is -0.603. The van der Waals surface area contributed by atoms with Crippen LogP contribution in [-0.2, 0) is 21.3 Å². The first-order valence-corrected chi connectivity index (χ1v) is 6.78. The van der Waals surface area contributed by atoms with Gasteiger partial charge >= 0.3 is 11.9 Å². The van der Waals surface area contributed by atoms with E-state index < -0.39 is 24.5 Å². The van der Waals surface area contributed by atoms with E-state index in [9.17, 15) is 14.4 Å². The van der Waals surface area contributed by atoms with Crippen LogP contribution in [0, 0.1) is 0 Å². The Morgan fingerprint density at radius 3 is 2.48 bits per heavy atom. The number of rotatable bonds is 5. The van der Waals surface area contributed by atoms with Crippen molar-refractivity contribution in [3.63, 3.8) is 0 Å². The molecule has 0 aliphatic heterocycles. The van der Waals surface area contributed by atoms with Crippen LogP contribution in [0.1, 0.15) is 20.8 Å². The molecule has 1 aromatic heterocycles. The van der Waals surface area contributed by atoms with Gasteiger partial charge < -0.3 is 19.4 Å². The topological polar surface area (TPSA) is 86.6 Å². The zero-order valence-corrected chi connectivity index (χ0v) is 12.7. The van der Waals surface area contributed by atoms with E-state index in [1.807, 2.05) is 0 Å². The summed E-state index contributed by atoms with van der Waals surface area (Å²) in [6, 6.07) is 9.69. The van der Waals surface area contributed by atoms with E-state index in [-0.39, 0.29) is 5.56 Å². The molecule has 2 rings (SSSR count). The molecule has 1 N–H and O–H groups in total. The number of esters is 2. The van der Waals surface area contributed by atoms with Gasteiger partial charge in [-0.2, -0.15) is 0 Å². The fourth-order valence-corrected chi connectivity index (χ4v) is 1.94. The second-order valence-electron chi connectivity index (χ2n) is 4.67. The molecule has 1 aromatic carbocycles. The summed E-state index contributed by atoms with van der Waals surface area (Å²) in [4.78, 5) is 35.3. The fraction of sp³-hybridized carbons (Fsp3) is 0.188. The van der Waals surface area contributed by atoms with Crippen molar-refractivity contribution in [2.75, 3.05) is 19.0 Å². The number of carbonyl (C=O) groups is 3. The summed E-state index contributed by atoms with van der Waals surface area (Å²) in [5.41, 5.74) is 0.851. The SMILES string of the molecule is COC(=O)c1ccccc1NC(=O)COC(=O)c1cccn1C. The summed E-state index contributed by atoms with van der Waals surface area (Å²) in [7, 11) is 2.95. The highest BCUT2D eigenvalue weighted by atomic mass is 16.5. The lowest BCUT2D eigenvalue weighted by Crippen LogP contribution is -2.23. The molecule has 120 valence electrons. The van der Waals surface area contributed by atoms with Crippen LogP contribution in [0.3, 0.4) is 0 Å². The number of aryl methyl sites for hydroxylation is 1. The van der Waals surface area contributed by atoms with Crippen LogP contribution >= 0.6 is 0 Å². The van der Waals surface area contributed by atoms with E-state index in [4.69, 9.17) is 4.74 Å². The number of methoxy groups -OCH3 is 1. The van der Waals surface area contributed by atoms with Crippen LogP contribution in [0.4, 0.5) is 5.69 Å². The summed E-state index contributed by atoms with van der Waals surface area (Å²) in [6.45, 7) is -0.459. The number of benzene rings is 1. The lowest BCUT2D eigenvalue weighted by atomic mass is 10.2. The van der Waals surface area contributed by atoms with Crippen molar-refractivity contribution in [3.8, 4) is 0 Å². The number of aromatic nitrogens is 1. The van der Waals surface area contributed by atoms with Crippen LogP contribution in [-0.4, -0.2) is 36.1 Å². The Bertz CT molecular complexity index is 736. The average Bonchev–Trinajstić information content (AvgIpc) is 2.98. The second-order valence-corrected chi connectivity index (χ2v) is 4.67. The zero-order chi connectivity index (χ0) is 16.8. The van der Waals surface area contributed by atoms with Crippen LogP contribution in [0.2, 0.25) is 0 Å².